The minimum Gasteiger partial charge on any atom is -0.383 e. The lowest BCUT2D eigenvalue weighted by molar-refractivity contribution is -0.384. The van der Waals surface area contributed by atoms with Gasteiger partial charge in [0.15, 0.2) is 0 Å². The fraction of sp³-hybridized carbons (Fsp3) is 0. The van der Waals surface area contributed by atoms with E-state index in [1.165, 1.54) is 30.5 Å². The minimum atomic E-state index is -0.519. The number of rotatable bonds is 4. The zero-order valence-corrected chi connectivity index (χ0v) is 10.6. The number of aromatic amines is 1. The third-order valence-corrected chi connectivity index (χ3v) is 2.47. The number of hydrogen-bond donors (Lipinski definition) is 4. The molecule has 0 bridgehead atoms. The molecule has 10 nitrogen and oxygen atoms in total. The van der Waals surface area contributed by atoms with Crippen LogP contribution in [0.15, 0.2) is 34.2 Å². The van der Waals surface area contributed by atoms with E-state index in [1.54, 1.807) is 0 Å². The van der Waals surface area contributed by atoms with Crippen molar-refractivity contribution in [2.45, 2.75) is 0 Å². The van der Waals surface area contributed by atoms with Crippen LogP contribution in [0.3, 0.4) is 0 Å². The first kappa shape index (κ1) is 14.0. The van der Waals surface area contributed by atoms with Crippen molar-refractivity contribution in [2.24, 2.45) is 5.10 Å². The van der Waals surface area contributed by atoms with Gasteiger partial charge in [0.2, 0.25) is 5.95 Å². The number of hydrogen-bond acceptors (Lipinski definition) is 8. The molecule has 1 aromatic carbocycles. The average molecular weight is 289 g/mol. The van der Waals surface area contributed by atoms with E-state index in [2.05, 4.69) is 20.5 Å². The molecule has 1 aromatic heterocycles. The molecule has 6 N–H and O–H groups in total. The summed E-state index contributed by atoms with van der Waals surface area (Å²) in [6, 6.07) is 5.60. The first-order valence-corrected chi connectivity index (χ1v) is 5.66. The Hall–Kier alpha value is -3.43. The Morgan fingerprint density at radius 2 is 2.00 bits per heavy atom. The predicted octanol–water partition coefficient (Wildman–Crippen LogP) is 0.288. The highest BCUT2D eigenvalue weighted by Crippen LogP contribution is 2.15. The van der Waals surface area contributed by atoms with E-state index in [0.29, 0.717) is 5.69 Å². The molecule has 0 fully saturated rings. The van der Waals surface area contributed by atoms with Gasteiger partial charge in [0.05, 0.1) is 16.8 Å². The number of nitrogens with zero attached hydrogens (tertiary/aromatic N) is 3. The summed E-state index contributed by atoms with van der Waals surface area (Å²) in [4.78, 5) is 27.5. The number of benzene rings is 1. The molecule has 10 heteroatoms. The van der Waals surface area contributed by atoms with Crippen molar-refractivity contribution in [2.75, 3.05) is 16.9 Å². The Morgan fingerprint density at radius 3 is 2.57 bits per heavy atom. The van der Waals surface area contributed by atoms with Crippen LogP contribution in [0.2, 0.25) is 0 Å². The van der Waals surface area contributed by atoms with Gasteiger partial charge in [-0.05, 0) is 12.1 Å². The number of hydrazone groups is 1. The normalized spacial score (nSPS) is 10.7. The molecule has 1 heterocycles. The Bertz CT molecular complexity index is 751. The highest BCUT2D eigenvalue weighted by Gasteiger charge is 2.05. The van der Waals surface area contributed by atoms with E-state index in [-0.39, 0.29) is 23.0 Å². The first-order chi connectivity index (χ1) is 9.97. The van der Waals surface area contributed by atoms with Gasteiger partial charge in [-0.15, -0.1) is 0 Å². The molecule has 0 aliphatic rings. The molecular formula is C11H11N7O3. The predicted molar refractivity (Wildman–Crippen MR) is 78.0 cm³/mol. The SMILES string of the molecule is Nc1nc(N)c(C=NNc2ccc([N+](=O)[O-])cc2)c(=O)[nH]1. The van der Waals surface area contributed by atoms with E-state index < -0.39 is 10.5 Å². The van der Waals surface area contributed by atoms with Crippen molar-refractivity contribution in [3.8, 4) is 0 Å². The van der Waals surface area contributed by atoms with Crippen LogP contribution in [0.5, 0.6) is 0 Å². The lowest BCUT2D eigenvalue weighted by atomic mass is 10.3. The molecule has 21 heavy (non-hydrogen) atoms. The smallest absolute Gasteiger partial charge is 0.269 e. The standard InChI is InChI=1S/C11H11N7O3/c12-9-8(10(19)16-11(13)15-9)5-14-17-6-1-3-7(4-2-6)18(20)21/h1-5,17H,(H5,12,13,15,16,19). The van der Waals surface area contributed by atoms with Crippen LogP contribution in [0.4, 0.5) is 23.1 Å². The summed E-state index contributed by atoms with van der Waals surface area (Å²) in [5.74, 6) is -0.136. The summed E-state index contributed by atoms with van der Waals surface area (Å²) in [6.07, 6.45) is 1.18. The number of aromatic nitrogens is 2. The number of nitrogens with one attached hydrogen (secondary N) is 2. The van der Waals surface area contributed by atoms with Crippen LogP contribution in [0, 0.1) is 10.1 Å². The third kappa shape index (κ3) is 3.32. The van der Waals surface area contributed by atoms with Crippen molar-refractivity contribution in [1.29, 1.82) is 0 Å². The fourth-order valence-electron chi connectivity index (χ4n) is 1.47. The van der Waals surface area contributed by atoms with E-state index in [9.17, 15) is 14.9 Å². The number of nitro benzene ring substituents is 1. The van der Waals surface area contributed by atoms with Gasteiger partial charge in [-0.3, -0.25) is 25.3 Å². The van der Waals surface area contributed by atoms with Crippen LogP contribution in [-0.4, -0.2) is 21.1 Å². The van der Waals surface area contributed by atoms with E-state index in [1.807, 2.05) is 0 Å². The van der Waals surface area contributed by atoms with E-state index in [4.69, 9.17) is 11.5 Å². The number of nitrogen functional groups attached to an aromatic ring is 2. The molecule has 0 radical (unpaired) electrons. The zero-order chi connectivity index (χ0) is 15.4. The van der Waals surface area contributed by atoms with Crippen LogP contribution >= 0.6 is 0 Å². The Balaban J connectivity index is 2.13. The van der Waals surface area contributed by atoms with Gasteiger partial charge >= 0.3 is 0 Å². The number of nitro groups is 1. The van der Waals surface area contributed by atoms with E-state index in [0.717, 1.165) is 0 Å². The van der Waals surface area contributed by atoms with Gasteiger partial charge in [-0.25, -0.2) is 0 Å². The second-order valence-electron chi connectivity index (χ2n) is 3.92. The third-order valence-electron chi connectivity index (χ3n) is 2.47. The maximum atomic E-state index is 11.6. The number of anilines is 3. The van der Waals surface area contributed by atoms with Crippen molar-refractivity contribution < 1.29 is 4.92 Å². The van der Waals surface area contributed by atoms with Crippen molar-refractivity contribution >= 4 is 29.4 Å². The molecule has 2 aromatic rings. The Morgan fingerprint density at radius 1 is 1.33 bits per heavy atom. The zero-order valence-electron chi connectivity index (χ0n) is 10.6. The fourth-order valence-corrected chi connectivity index (χ4v) is 1.47. The number of non-ortho nitro benzene ring substituents is 1. The molecule has 0 saturated carbocycles. The quantitative estimate of drug-likeness (QED) is 0.356. The van der Waals surface area contributed by atoms with Gasteiger partial charge in [-0.1, -0.05) is 0 Å². The lowest BCUT2D eigenvalue weighted by Crippen LogP contribution is -2.19. The highest BCUT2D eigenvalue weighted by molar-refractivity contribution is 5.85. The van der Waals surface area contributed by atoms with Gasteiger partial charge in [0.1, 0.15) is 11.4 Å². The van der Waals surface area contributed by atoms with Crippen LogP contribution in [-0.2, 0) is 0 Å². The molecule has 0 saturated heterocycles. The van der Waals surface area contributed by atoms with Crippen molar-refractivity contribution in [1.82, 2.24) is 9.97 Å². The minimum absolute atomic E-state index is 0.0343. The molecule has 0 amide bonds. The summed E-state index contributed by atoms with van der Waals surface area (Å²) in [6.45, 7) is 0. The summed E-state index contributed by atoms with van der Waals surface area (Å²) in [5.41, 5.74) is 13.5. The summed E-state index contributed by atoms with van der Waals surface area (Å²) >= 11 is 0. The number of H-pyrrole nitrogens is 1. The topological polar surface area (TPSA) is 165 Å². The Labute approximate surface area is 117 Å². The second-order valence-corrected chi connectivity index (χ2v) is 3.92. The van der Waals surface area contributed by atoms with E-state index >= 15 is 0 Å². The highest BCUT2D eigenvalue weighted by atomic mass is 16.6. The van der Waals surface area contributed by atoms with Crippen molar-refractivity contribution in [3.63, 3.8) is 0 Å². The lowest BCUT2D eigenvalue weighted by Gasteiger charge is -2.01. The van der Waals surface area contributed by atoms with Crippen molar-refractivity contribution in [3.05, 3.63) is 50.3 Å². The average Bonchev–Trinajstić information content (AvgIpc) is 2.42. The summed E-state index contributed by atoms with van der Waals surface area (Å²) in [5, 5.41) is 14.3. The molecular weight excluding hydrogens is 278 g/mol. The molecule has 0 unspecified atom stereocenters. The molecule has 0 aliphatic heterocycles. The van der Waals surface area contributed by atoms with Crippen LogP contribution in [0.25, 0.3) is 0 Å². The monoisotopic (exact) mass is 289 g/mol. The second kappa shape index (κ2) is 5.69. The maximum absolute atomic E-state index is 11.6. The van der Waals surface area contributed by atoms with Crippen LogP contribution in [0.1, 0.15) is 5.56 Å². The van der Waals surface area contributed by atoms with Gasteiger partial charge in [-0.2, -0.15) is 10.1 Å². The molecule has 0 atom stereocenters. The molecule has 2 rings (SSSR count). The largest absolute Gasteiger partial charge is 0.383 e. The first-order valence-electron chi connectivity index (χ1n) is 5.66. The number of nitrogens with two attached hydrogens (primary N) is 2. The van der Waals surface area contributed by atoms with Gasteiger partial charge < -0.3 is 11.5 Å². The van der Waals surface area contributed by atoms with Crippen LogP contribution < -0.4 is 22.5 Å². The molecule has 0 aliphatic carbocycles. The van der Waals surface area contributed by atoms with Gasteiger partial charge in [0.25, 0.3) is 11.2 Å². The van der Waals surface area contributed by atoms with Gasteiger partial charge in [0, 0.05) is 12.1 Å². The summed E-state index contributed by atoms with van der Waals surface area (Å²) in [7, 11) is 0. The Kier molecular flexibility index (Phi) is 3.79. The molecule has 0 spiro atoms. The summed E-state index contributed by atoms with van der Waals surface area (Å²) < 4.78 is 0. The molecule has 108 valence electrons. The maximum Gasteiger partial charge on any atom is 0.269 e.